The zero-order valence-electron chi connectivity index (χ0n) is 15.4. The molecule has 3 aliphatic rings. The van der Waals surface area contributed by atoms with E-state index in [1.807, 2.05) is 18.2 Å². The van der Waals surface area contributed by atoms with Crippen molar-refractivity contribution in [1.82, 2.24) is 14.2 Å². The summed E-state index contributed by atoms with van der Waals surface area (Å²) in [5, 5.41) is -0.477. The number of hydrogen-bond acceptors (Lipinski definition) is 6. The first-order chi connectivity index (χ1) is 13.1. The number of morpholine rings is 1. The van der Waals surface area contributed by atoms with Gasteiger partial charge in [-0.25, -0.2) is 13.4 Å². The molecule has 148 valence electrons. The Morgan fingerprint density at radius 1 is 1.11 bits per heavy atom. The van der Waals surface area contributed by atoms with Crippen molar-refractivity contribution in [2.24, 2.45) is 5.92 Å². The van der Waals surface area contributed by atoms with E-state index >= 15 is 0 Å². The summed E-state index contributed by atoms with van der Waals surface area (Å²) in [4.78, 5) is 21.1. The minimum Gasteiger partial charge on any atom is -0.379 e. The minimum atomic E-state index is -3.34. The molecular weight excluding hydrogens is 368 g/mol. The molecular formula is C18H26N4O4S. The van der Waals surface area contributed by atoms with Gasteiger partial charge < -0.3 is 14.5 Å². The highest BCUT2D eigenvalue weighted by Crippen LogP contribution is 2.27. The molecule has 27 heavy (non-hydrogen) atoms. The van der Waals surface area contributed by atoms with E-state index in [1.54, 1.807) is 11.1 Å². The number of piperidine rings is 1. The summed E-state index contributed by atoms with van der Waals surface area (Å²) in [6.07, 6.45) is 3.55. The van der Waals surface area contributed by atoms with Crippen molar-refractivity contribution in [1.29, 1.82) is 0 Å². The van der Waals surface area contributed by atoms with Crippen molar-refractivity contribution < 1.29 is 17.9 Å². The smallest absolute Gasteiger partial charge is 0.227 e. The summed E-state index contributed by atoms with van der Waals surface area (Å²) in [5.41, 5.74) is 0. The van der Waals surface area contributed by atoms with Crippen LogP contribution in [0.2, 0.25) is 0 Å². The highest BCUT2D eigenvalue weighted by Gasteiger charge is 2.44. The van der Waals surface area contributed by atoms with E-state index in [0.717, 1.165) is 25.2 Å². The molecule has 0 saturated carbocycles. The van der Waals surface area contributed by atoms with Crippen LogP contribution in [0.3, 0.4) is 0 Å². The van der Waals surface area contributed by atoms with Crippen LogP contribution in [0, 0.1) is 5.92 Å². The maximum absolute atomic E-state index is 12.9. The van der Waals surface area contributed by atoms with Gasteiger partial charge in [0.05, 0.1) is 19.1 Å². The molecule has 0 aromatic carbocycles. The number of rotatable bonds is 4. The quantitative estimate of drug-likeness (QED) is 0.724. The number of likely N-dealkylation sites (tertiary alicyclic amines) is 1. The van der Waals surface area contributed by atoms with E-state index in [1.165, 1.54) is 4.31 Å². The first-order valence-corrected chi connectivity index (χ1v) is 11.1. The van der Waals surface area contributed by atoms with Gasteiger partial charge in [0, 0.05) is 45.5 Å². The highest BCUT2D eigenvalue weighted by molar-refractivity contribution is 7.89. The lowest BCUT2D eigenvalue weighted by atomic mass is 9.95. The Hall–Kier alpha value is -1.71. The standard InChI is InChI=1S/C18H26N4O4S/c23-18(15-4-3-7-20(12-15)17-5-1-2-6-19-17)21-13-16(14-21)27(24,25)22-8-10-26-11-9-22/h1-2,5-6,15-16H,3-4,7-14H2/t15-/m1/s1. The van der Waals surface area contributed by atoms with Crippen molar-refractivity contribution >= 4 is 21.7 Å². The third-order valence-corrected chi connectivity index (χ3v) is 7.88. The number of carbonyl (C=O) groups excluding carboxylic acids is 1. The molecule has 4 rings (SSSR count). The first kappa shape index (κ1) is 18.6. The summed E-state index contributed by atoms with van der Waals surface area (Å²) in [5.74, 6) is 0.878. The van der Waals surface area contributed by atoms with Gasteiger partial charge in [-0.05, 0) is 25.0 Å². The van der Waals surface area contributed by atoms with Gasteiger partial charge in [-0.2, -0.15) is 4.31 Å². The molecule has 3 aliphatic heterocycles. The Bertz CT molecular complexity index is 761. The lowest BCUT2D eigenvalue weighted by molar-refractivity contribution is -0.139. The summed E-state index contributed by atoms with van der Waals surface area (Å²) < 4.78 is 32.1. The Morgan fingerprint density at radius 3 is 2.59 bits per heavy atom. The molecule has 9 heteroatoms. The Balaban J connectivity index is 1.33. The molecule has 0 spiro atoms. The van der Waals surface area contributed by atoms with Gasteiger partial charge in [-0.15, -0.1) is 0 Å². The van der Waals surface area contributed by atoms with E-state index in [0.29, 0.717) is 45.9 Å². The average Bonchev–Trinajstić information content (AvgIpc) is 2.68. The van der Waals surface area contributed by atoms with Gasteiger partial charge in [-0.3, -0.25) is 4.79 Å². The number of anilines is 1. The summed E-state index contributed by atoms with van der Waals surface area (Å²) >= 11 is 0. The van der Waals surface area contributed by atoms with Gasteiger partial charge in [-0.1, -0.05) is 6.07 Å². The van der Waals surface area contributed by atoms with Crippen molar-refractivity contribution in [2.75, 3.05) is 57.4 Å². The van der Waals surface area contributed by atoms with Gasteiger partial charge >= 0.3 is 0 Å². The second kappa shape index (κ2) is 7.73. The van der Waals surface area contributed by atoms with Crippen molar-refractivity contribution in [3.63, 3.8) is 0 Å². The van der Waals surface area contributed by atoms with Crippen LogP contribution in [0.15, 0.2) is 24.4 Å². The predicted octanol–water partition coefficient (Wildman–Crippen LogP) is 0.171. The zero-order valence-corrected chi connectivity index (χ0v) is 16.2. The fraction of sp³-hybridized carbons (Fsp3) is 0.667. The largest absolute Gasteiger partial charge is 0.379 e. The topological polar surface area (TPSA) is 83.1 Å². The molecule has 1 amide bonds. The van der Waals surface area contributed by atoms with Gasteiger partial charge in [0.2, 0.25) is 15.9 Å². The predicted molar refractivity (Wildman–Crippen MR) is 101 cm³/mol. The monoisotopic (exact) mass is 394 g/mol. The molecule has 4 heterocycles. The molecule has 3 fully saturated rings. The van der Waals surface area contributed by atoms with Crippen molar-refractivity contribution in [3.05, 3.63) is 24.4 Å². The molecule has 1 aromatic rings. The molecule has 1 aromatic heterocycles. The van der Waals surface area contributed by atoms with E-state index in [4.69, 9.17) is 4.74 Å². The van der Waals surface area contributed by atoms with E-state index < -0.39 is 15.3 Å². The molecule has 0 unspecified atom stereocenters. The highest BCUT2D eigenvalue weighted by atomic mass is 32.2. The van der Waals surface area contributed by atoms with E-state index in [2.05, 4.69) is 9.88 Å². The first-order valence-electron chi connectivity index (χ1n) is 9.57. The lowest BCUT2D eigenvalue weighted by Crippen LogP contribution is -2.62. The van der Waals surface area contributed by atoms with Crippen molar-refractivity contribution in [2.45, 2.75) is 18.1 Å². The molecule has 0 radical (unpaired) electrons. The Morgan fingerprint density at radius 2 is 1.89 bits per heavy atom. The summed E-state index contributed by atoms with van der Waals surface area (Å²) in [7, 11) is -3.34. The number of hydrogen-bond donors (Lipinski definition) is 0. The minimum absolute atomic E-state index is 0.0732. The molecule has 8 nitrogen and oxygen atoms in total. The number of amides is 1. The lowest BCUT2D eigenvalue weighted by Gasteiger charge is -2.44. The van der Waals surface area contributed by atoms with Crippen LogP contribution in [0.5, 0.6) is 0 Å². The van der Waals surface area contributed by atoms with E-state index in [-0.39, 0.29) is 11.8 Å². The third kappa shape index (κ3) is 3.81. The van der Waals surface area contributed by atoms with Crippen LogP contribution in [0.25, 0.3) is 0 Å². The Labute approximate surface area is 160 Å². The molecule has 0 N–H and O–H groups in total. The van der Waals surface area contributed by atoms with Crippen LogP contribution in [0.4, 0.5) is 5.82 Å². The van der Waals surface area contributed by atoms with Crippen LogP contribution < -0.4 is 4.90 Å². The number of pyridine rings is 1. The summed E-state index contributed by atoms with van der Waals surface area (Å²) in [6, 6.07) is 5.79. The third-order valence-electron chi connectivity index (χ3n) is 5.65. The van der Waals surface area contributed by atoms with Crippen LogP contribution in [-0.4, -0.2) is 86.2 Å². The maximum Gasteiger partial charge on any atom is 0.227 e. The normalized spacial score (nSPS) is 25.3. The average molecular weight is 394 g/mol. The fourth-order valence-corrected chi connectivity index (χ4v) is 5.82. The Kier molecular flexibility index (Phi) is 5.34. The molecule has 0 aliphatic carbocycles. The number of ether oxygens (including phenoxy) is 1. The van der Waals surface area contributed by atoms with Gasteiger partial charge in [0.15, 0.2) is 0 Å². The van der Waals surface area contributed by atoms with E-state index in [9.17, 15) is 13.2 Å². The maximum atomic E-state index is 12.9. The van der Waals surface area contributed by atoms with Crippen LogP contribution in [0.1, 0.15) is 12.8 Å². The number of aromatic nitrogens is 1. The summed E-state index contributed by atoms with van der Waals surface area (Å²) in [6.45, 7) is 3.86. The molecule has 1 atom stereocenters. The number of nitrogens with zero attached hydrogens (tertiary/aromatic N) is 4. The molecule has 3 saturated heterocycles. The van der Waals surface area contributed by atoms with Crippen molar-refractivity contribution in [3.8, 4) is 0 Å². The number of sulfonamides is 1. The second-order valence-corrected chi connectivity index (χ2v) is 9.61. The van der Waals surface area contributed by atoms with Crippen LogP contribution >= 0.6 is 0 Å². The fourth-order valence-electron chi connectivity index (χ4n) is 4.00. The SMILES string of the molecule is O=C([C@@H]1CCCN(c2ccccn2)C1)N1CC(S(=O)(=O)N2CCOCC2)C1. The van der Waals surface area contributed by atoms with Crippen LogP contribution in [-0.2, 0) is 19.6 Å². The number of carbonyl (C=O) groups is 1. The van der Waals surface area contributed by atoms with Gasteiger partial charge in [0.25, 0.3) is 0 Å². The zero-order chi connectivity index (χ0) is 18.9. The van der Waals surface area contributed by atoms with Gasteiger partial charge in [0.1, 0.15) is 11.1 Å². The second-order valence-electron chi connectivity index (χ2n) is 7.39. The molecule has 0 bridgehead atoms.